The van der Waals surface area contributed by atoms with Gasteiger partial charge in [-0.2, -0.15) is 0 Å². The number of aliphatic hydroxyl groups is 1. The third-order valence-electron chi connectivity index (χ3n) is 5.55. The number of aliphatic hydroxyl groups excluding tert-OH is 1. The molecular weight excluding hydrogens is 264 g/mol. The standard InChI is InChI=1S/C17H32N2O2/c1-13-5-3-4-6-16(13)18-17(21)11-19(2)15-9-7-14(12-20)8-10-15/h13-16,20H,3-12H2,1-2H3,(H,18,21). The molecule has 2 rings (SSSR count). The second-order valence-electron chi connectivity index (χ2n) is 7.21. The number of nitrogens with one attached hydrogen (secondary N) is 1. The van der Waals surface area contributed by atoms with E-state index < -0.39 is 0 Å². The van der Waals surface area contributed by atoms with Gasteiger partial charge in [0.1, 0.15) is 0 Å². The van der Waals surface area contributed by atoms with E-state index in [0.29, 0.717) is 37.1 Å². The highest BCUT2D eigenvalue weighted by molar-refractivity contribution is 5.78. The fourth-order valence-electron chi connectivity index (χ4n) is 3.91. The average molecular weight is 296 g/mol. The number of carbonyl (C=O) groups is 1. The van der Waals surface area contributed by atoms with E-state index in [2.05, 4.69) is 24.2 Å². The van der Waals surface area contributed by atoms with E-state index in [1.165, 1.54) is 19.3 Å². The molecule has 4 heteroatoms. The number of carbonyl (C=O) groups excluding carboxylic acids is 1. The van der Waals surface area contributed by atoms with E-state index in [9.17, 15) is 9.90 Å². The van der Waals surface area contributed by atoms with Crippen molar-refractivity contribution in [3.8, 4) is 0 Å². The summed E-state index contributed by atoms with van der Waals surface area (Å²) in [6.07, 6.45) is 9.32. The predicted octanol–water partition coefficient (Wildman–Crippen LogP) is 2.16. The summed E-state index contributed by atoms with van der Waals surface area (Å²) in [6.45, 7) is 3.08. The molecule has 2 saturated carbocycles. The molecule has 2 aliphatic rings. The van der Waals surface area contributed by atoms with Crippen molar-refractivity contribution in [2.24, 2.45) is 11.8 Å². The number of hydrogen-bond donors (Lipinski definition) is 2. The minimum absolute atomic E-state index is 0.181. The van der Waals surface area contributed by atoms with Gasteiger partial charge in [0.2, 0.25) is 5.91 Å². The molecule has 0 aromatic heterocycles. The Hall–Kier alpha value is -0.610. The van der Waals surface area contributed by atoms with Crippen LogP contribution in [-0.2, 0) is 4.79 Å². The molecule has 2 aliphatic carbocycles. The van der Waals surface area contributed by atoms with Crippen LogP contribution in [-0.4, -0.2) is 48.2 Å². The summed E-state index contributed by atoms with van der Waals surface area (Å²) in [4.78, 5) is 14.4. The molecule has 0 bridgehead atoms. The highest BCUT2D eigenvalue weighted by Crippen LogP contribution is 2.27. The summed E-state index contributed by atoms with van der Waals surface area (Å²) in [7, 11) is 2.06. The Morgan fingerprint density at radius 3 is 2.43 bits per heavy atom. The van der Waals surface area contributed by atoms with Gasteiger partial charge in [-0.25, -0.2) is 0 Å². The summed E-state index contributed by atoms with van der Waals surface area (Å²) < 4.78 is 0. The first kappa shape index (κ1) is 16.8. The molecule has 0 aliphatic heterocycles. The maximum Gasteiger partial charge on any atom is 0.234 e. The number of amides is 1. The van der Waals surface area contributed by atoms with Gasteiger partial charge < -0.3 is 10.4 Å². The van der Waals surface area contributed by atoms with Crippen LogP contribution in [0.2, 0.25) is 0 Å². The van der Waals surface area contributed by atoms with Gasteiger partial charge in [0.05, 0.1) is 6.54 Å². The fraction of sp³-hybridized carbons (Fsp3) is 0.941. The van der Waals surface area contributed by atoms with Gasteiger partial charge in [-0.3, -0.25) is 9.69 Å². The second-order valence-corrected chi connectivity index (χ2v) is 7.21. The van der Waals surface area contributed by atoms with E-state index in [0.717, 1.165) is 32.1 Å². The zero-order chi connectivity index (χ0) is 15.2. The number of nitrogens with zero attached hydrogens (tertiary/aromatic N) is 1. The molecule has 2 unspecified atom stereocenters. The third-order valence-corrected chi connectivity index (χ3v) is 5.55. The lowest BCUT2D eigenvalue weighted by atomic mass is 9.85. The molecule has 2 atom stereocenters. The van der Waals surface area contributed by atoms with Crippen molar-refractivity contribution >= 4 is 5.91 Å². The van der Waals surface area contributed by atoms with Gasteiger partial charge in [-0.05, 0) is 57.4 Å². The maximum atomic E-state index is 12.2. The first-order valence-corrected chi connectivity index (χ1v) is 8.70. The Labute approximate surface area is 129 Å². The topological polar surface area (TPSA) is 52.6 Å². The lowest BCUT2D eigenvalue weighted by Gasteiger charge is -2.35. The molecule has 4 nitrogen and oxygen atoms in total. The van der Waals surface area contributed by atoms with Crippen molar-refractivity contribution in [1.29, 1.82) is 0 Å². The van der Waals surface area contributed by atoms with Crippen LogP contribution in [0, 0.1) is 11.8 Å². The molecule has 122 valence electrons. The Bertz CT molecular complexity index is 327. The van der Waals surface area contributed by atoms with Gasteiger partial charge >= 0.3 is 0 Å². The summed E-state index contributed by atoms with van der Waals surface area (Å²) in [5, 5.41) is 12.4. The normalized spacial score (nSPS) is 33.9. The van der Waals surface area contributed by atoms with Crippen LogP contribution in [0.25, 0.3) is 0 Å². The van der Waals surface area contributed by atoms with E-state index in [4.69, 9.17) is 0 Å². The first-order chi connectivity index (χ1) is 10.1. The summed E-state index contributed by atoms with van der Waals surface area (Å²) in [6, 6.07) is 0.882. The smallest absolute Gasteiger partial charge is 0.234 e. The van der Waals surface area contributed by atoms with E-state index in [1.807, 2.05) is 0 Å². The highest BCUT2D eigenvalue weighted by atomic mass is 16.3. The van der Waals surface area contributed by atoms with Gasteiger partial charge in [-0.15, -0.1) is 0 Å². The van der Waals surface area contributed by atoms with Crippen molar-refractivity contribution in [2.75, 3.05) is 20.2 Å². The Kier molecular flexibility index (Phi) is 6.49. The van der Waals surface area contributed by atoms with E-state index >= 15 is 0 Å². The van der Waals surface area contributed by atoms with Gasteiger partial charge in [-0.1, -0.05) is 19.8 Å². The van der Waals surface area contributed by atoms with Crippen molar-refractivity contribution in [3.05, 3.63) is 0 Å². The monoisotopic (exact) mass is 296 g/mol. The molecule has 0 saturated heterocycles. The van der Waals surface area contributed by atoms with Crippen LogP contribution in [0.15, 0.2) is 0 Å². The SMILES string of the molecule is CC1CCCCC1NC(=O)CN(C)C1CCC(CO)CC1. The van der Waals surface area contributed by atoms with Crippen molar-refractivity contribution in [3.63, 3.8) is 0 Å². The lowest BCUT2D eigenvalue weighted by Crippen LogP contribution is -2.47. The number of rotatable bonds is 5. The largest absolute Gasteiger partial charge is 0.396 e. The first-order valence-electron chi connectivity index (χ1n) is 8.70. The van der Waals surface area contributed by atoms with Crippen LogP contribution in [0.1, 0.15) is 58.3 Å². The predicted molar refractivity (Wildman–Crippen MR) is 85.0 cm³/mol. The van der Waals surface area contributed by atoms with Crippen LogP contribution in [0.4, 0.5) is 0 Å². The molecule has 0 aromatic carbocycles. The molecule has 21 heavy (non-hydrogen) atoms. The molecule has 0 radical (unpaired) electrons. The second kappa shape index (κ2) is 8.14. The minimum atomic E-state index is 0.181. The number of likely N-dealkylation sites (N-methyl/N-ethyl adjacent to an activating group) is 1. The van der Waals surface area contributed by atoms with E-state index in [-0.39, 0.29) is 5.91 Å². The van der Waals surface area contributed by atoms with Gasteiger partial charge in [0, 0.05) is 18.7 Å². The molecule has 0 heterocycles. The van der Waals surface area contributed by atoms with Crippen molar-refractivity contribution in [2.45, 2.75) is 70.4 Å². The summed E-state index contributed by atoms with van der Waals surface area (Å²) in [5.74, 6) is 1.28. The van der Waals surface area contributed by atoms with Gasteiger partial charge in [0.15, 0.2) is 0 Å². The molecule has 0 spiro atoms. The summed E-state index contributed by atoms with van der Waals surface area (Å²) in [5.41, 5.74) is 0. The average Bonchev–Trinajstić information content (AvgIpc) is 2.49. The lowest BCUT2D eigenvalue weighted by molar-refractivity contribution is -0.123. The van der Waals surface area contributed by atoms with Crippen LogP contribution < -0.4 is 5.32 Å². The quantitative estimate of drug-likeness (QED) is 0.817. The number of hydrogen-bond acceptors (Lipinski definition) is 3. The Balaban J connectivity index is 1.72. The fourth-order valence-corrected chi connectivity index (χ4v) is 3.91. The Morgan fingerprint density at radius 2 is 1.81 bits per heavy atom. The molecule has 1 amide bonds. The van der Waals surface area contributed by atoms with Crippen molar-refractivity contribution < 1.29 is 9.90 Å². The zero-order valence-electron chi connectivity index (χ0n) is 13.7. The van der Waals surface area contributed by atoms with Crippen LogP contribution in [0.3, 0.4) is 0 Å². The zero-order valence-corrected chi connectivity index (χ0v) is 13.7. The van der Waals surface area contributed by atoms with Crippen LogP contribution >= 0.6 is 0 Å². The maximum absolute atomic E-state index is 12.2. The minimum Gasteiger partial charge on any atom is -0.396 e. The molecule has 2 N–H and O–H groups in total. The van der Waals surface area contributed by atoms with Crippen molar-refractivity contribution in [1.82, 2.24) is 10.2 Å². The highest BCUT2D eigenvalue weighted by Gasteiger charge is 2.26. The van der Waals surface area contributed by atoms with Crippen LogP contribution in [0.5, 0.6) is 0 Å². The summed E-state index contributed by atoms with van der Waals surface area (Å²) >= 11 is 0. The molecule has 0 aromatic rings. The Morgan fingerprint density at radius 1 is 1.14 bits per heavy atom. The van der Waals surface area contributed by atoms with E-state index in [1.54, 1.807) is 0 Å². The third kappa shape index (κ3) is 4.96. The van der Waals surface area contributed by atoms with Gasteiger partial charge in [0.25, 0.3) is 0 Å². The molecule has 2 fully saturated rings. The molecular formula is C17H32N2O2.